The van der Waals surface area contributed by atoms with E-state index in [0.29, 0.717) is 11.5 Å². The van der Waals surface area contributed by atoms with Crippen molar-refractivity contribution in [2.24, 2.45) is 0 Å². The van der Waals surface area contributed by atoms with E-state index in [1.807, 2.05) is 42.5 Å². The third-order valence-corrected chi connectivity index (χ3v) is 2.84. The van der Waals surface area contributed by atoms with Gasteiger partial charge in [-0.3, -0.25) is 4.98 Å². The van der Waals surface area contributed by atoms with Gasteiger partial charge in [0.2, 0.25) is 5.82 Å². The van der Waals surface area contributed by atoms with E-state index in [-0.39, 0.29) is 0 Å². The highest BCUT2D eigenvalue weighted by Gasteiger charge is 2.07. The lowest BCUT2D eigenvalue weighted by atomic mass is 10.3. The van der Waals surface area contributed by atoms with E-state index in [2.05, 4.69) is 36.3 Å². The maximum absolute atomic E-state index is 4.30. The molecule has 0 fully saturated rings. The van der Waals surface area contributed by atoms with Crippen molar-refractivity contribution in [3.05, 3.63) is 53.1 Å². The molecule has 6 heteroatoms. The smallest absolute Gasteiger partial charge is 0.223 e. The minimum atomic E-state index is 0.510. The minimum absolute atomic E-state index is 0.510. The molecule has 3 aromatic rings. The van der Waals surface area contributed by atoms with E-state index < -0.39 is 0 Å². The van der Waals surface area contributed by atoms with Gasteiger partial charge in [-0.25, -0.2) is 0 Å². The summed E-state index contributed by atoms with van der Waals surface area (Å²) in [6.07, 6.45) is 1.70. The second-order valence-corrected chi connectivity index (χ2v) is 4.51. The molecule has 0 spiro atoms. The normalized spacial score (nSPS) is 10.5. The molecular formula is C12H8BrN5. The lowest BCUT2D eigenvalue weighted by Crippen LogP contribution is -1.98. The van der Waals surface area contributed by atoms with E-state index >= 15 is 0 Å². The van der Waals surface area contributed by atoms with Gasteiger partial charge in [-0.1, -0.05) is 28.1 Å². The van der Waals surface area contributed by atoms with Gasteiger partial charge in [0.15, 0.2) is 0 Å². The highest BCUT2D eigenvalue weighted by atomic mass is 79.9. The lowest BCUT2D eigenvalue weighted by molar-refractivity contribution is 0.719. The predicted octanol–water partition coefficient (Wildman–Crippen LogP) is 2.49. The van der Waals surface area contributed by atoms with Crippen LogP contribution in [0.25, 0.3) is 17.2 Å². The van der Waals surface area contributed by atoms with Gasteiger partial charge in [0.25, 0.3) is 0 Å². The third kappa shape index (κ3) is 2.14. The molecule has 0 atom stereocenters. The summed E-state index contributed by atoms with van der Waals surface area (Å²) in [5, 5.41) is 12.3. The third-order valence-electron chi connectivity index (χ3n) is 2.35. The summed E-state index contributed by atoms with van der Waals surface area (Å²) in [5.41, 5.74) is 1.55. The number of rotatable bonds is 2. The summed E-state index contributed by atoms with van der Waals surface area (Å²) >= 11 is 3.41. The highest BCUT2D eigenvalue weighted by Crippen LogP contribution is 2.15. The molecule has 18 heavy (non-hydrogen) atoms. The molecule has 0 N–H and O–H groups in total. The molecule has 0 saturated carbocycles. The van der Waals surface area contributed by atoms with Crippen molar-refractivity contribution < 1.29 is 0 Å². The average molecular weight is 302 g/mol. The van der Waals surface area contributed by atoms with Crippen molar-refractivity contribution in [2.75, 3.05) is 0 Å². The van der Waals surface area contributed by atoms with Crippen LogP contribution in [-0.2, 0) is 0 Å². The molecule has 0 aliphatic rings. The summed E-state index contributed by atoms with van der Waals surface area (Å²) in [4.78, 5) is 5.67. The van der Waals surface area contributed by atoms with Gasteiger partial charge in [0, 0.05) is 10.7 Å². The average Bonchev–Trinajstić information content (AvgIpc) is 2.89. The zero-order valence-electron chi connectivity index (χ0n) is 9.23. The number of hydrogen-bond donors (Lipinski definition) is 0. The van der Waals surface area contributed by atoms with Crippen LogP contribution in [0.2, 0.25) is 0 Å². The van der Waals surface area contributed by atoms with Gasteiger partial charge in [-0.05, 0) is 35.5 Å². The molecule has 0 unspecified atom stereocenters. The summed E-state index contributed by atoms with van der Waals surface area (Å²) in [6, 6.07) is 13.3. The fraction of sp³-hybridized carbons (Fsp3) is 0. The van der Waals surface area contributed by atoms with Crippen molar-refractivity contribution in [3.63, 3.8) is 0 Å². The summed E-state index contributed by atoms with van der Waals surface area (Å²) in [7, 11) is 0. The first-order valence-corrected chi connectivity index (χ1v) is 6.09. The zero-order chi connectivity index (χ0) is 12.4. The van der Waals surface area contributed by atoms with E-state index in [1.165, 1.54) is 4.80 Å². The number of pyridine rings is 1. The first-order valence-electron chi connectivity index (χ1n) is 5.30. The second kappa shape index (κ2) is 4.66. The molecule has 0 radical (unpaired) electrons. The van der Waals surface area contributed by atoms with Gasteiger partial charge in [-0.15, -0.1) is 15.0 Å². The van der Waals surface area contributed by atoms with Crippen molar-refractivity contribution in [3.8, 4) is 17.2 Å². The van der Waals surface area contributed by atoms with E-state index in [9.17, 15) is 0 Å². The fourth-order valence-corrected chi connectivity index (χ4v) is 1.91. The van der Waals surface area contributed by atoms with Crippen LogP contribution in [-0.4, -0.2) is 25.2 Å². The largest absolute Gasteiger partial charge is 0.253 e. The van der Waals surface area contributed by atoms with Crippen molar-refractivity contribution in [1.29, 1.82) is 0 Å². The quantitative estimate of drug-likeness (QED) is 0.730. The molecule has 5 nitrogen and oxygen atoms in total. The summed E-state index contributed by atoms with van der Waals surface area (Å²) < 4.78 is 0.969. The summed E-state index contributed by atoms with van der Waals surface area (Å²) in [6.45, 7) is 0. The molecule has 3 rings (SSSR count). The molecule has 0 aliphatic heterocycles. The van der Waals surface area contributed by atoms with Gasteiger partial charge in [0.05, 0.1) is 5.69 Å². The number of tetrazole rings is 1. The van der Waals surface area contributed by atoms with Crippen LogP contribution in [0.4, 0.5) is 0 Å². The monoisotopic (exact) mass is 301 g/mol. The van der Waals surface area contributed by atoms with Crippen LogP contribution < -0.4 is 0 Å². The van der Waals surface area contributed by atoms with Crippen LogP contribution in [0, 0.1) is 0 Å². The SMILES string of the molecule is Brc1cccc(-n2nnc(-c3ccccn3)n2)c1. The topological polar surface area (TPSA) is 56.5 Å². The number of aromatic nitrogens is 5. The molecule has 2 aromatic heterocycles. The summed E-state index contributed by atoms with van der Waals surface area (Å²) in [5.74, 6) is 0.510. The number of nitrogens with zero attached hydrogens (tertiary/aromatic N) is 5. The Bertz CT molecular complexity index is 665. The van der Waals surface area contributed by atoms with Crippen LogP contribution in [0.15, 0.2) is 53.1 Å². The Morgan fingerprint density at radius 1 is 1.06 bits per heavy atom. The van der Waals surface area contributed by atoms with E-state index in [1.54, 1.807) is 6.20 Å². The molecule has 0 bridgehead atoms. The Morgan fingerprint density at radius 2 is 2.00 bits per heavy atom. The molecule has 2 heterocycles. The number of benzene rings is 1. The van der Waals surface area contributed by atoms with Crippen molar-refractivity contribution in [2.45, 2.75) is 0 Å². The second-order valence-electron chi connectivity index (χ2n) is 3.60. The number of halogens is 1. The number of hydrogen-bond acceptors (Lipinski definition) is 4. The standard InChI is InChI=1S/C12H8BrN5/c13-9-4-3-5-10(8-9)18-16-12(15-17-18)11-6-1-2-7-14-11/h1-8H. The van der Waals surface area contributed by atoms with Crippen LogP contribution in [0.3, 0.4) is 0 Å². The van der Waals surface area contributed by atoms with Gasteiger partial charge in [0.1, 0.15) is 5.69 Å². The van der Waals surface area contributed by atoms with E-state index in [0.717, 1.165) is 10.2 Å². The van der Waals surface area contributed by atoms with Gasteiger partial charge < -0.3 is 0 Å². The Hall–Kier alpha value is -2.08. The maximum atomic E-state index is 4.30. The lowest BCUT2D eigenvalue weighted by Gasteiger charge is -1.97. The molecular weight excluding hydrogens is 294 g/mol. The molecule has 0 aliphatic carbocycles. The highest BCUT2D eigenvalue weighted by molar-refractivity contribution is 9.10. The van der Waals surface area contributed by atoms with Crippen LogP contribution in [0.1, 0.15) is 0 Å². The first-order chi connectivity index (χ1) is 8.83. The fourth-order valence-electron chi connectivity index (χ4n) is 1.52. The maximum Gasteiger partial charge on any atom is 0.223 e. The predicted molar refractivity (Wildman–Crippen MR) is 70.1 cm³/mol. The van der Waals surface area contributed by atoms with Gasteiger partial charge in [-0.2, -0.15) is 0 Å². The Balaban J connectivity index is 2.00. The van der Waals surface area contributed by atoms with Crippen molar-refractivity contribution in [1.82, 2.24) is 25.2 Å². The molecule has 1 aromatic carbocycles. The Kier molecular flexibility index (Phi) is 2.85. The Morgan fingerprint density at radius 3 is 2.78 bits per heavy atom. The van der Waals surface area contributed by atoms with Crippen molar-refractivity contribution >= 4 is 15.9 Å². The van der Waals surface area contributed by atoms with E-state index in [4.69, 9.17) is 0 Å². The Labute approximate surface area is 112 Å². The van der Waals surface area contributed by atoms with Gasteiger partial charge >= 0.3 is 0 Å². The van der Waals surface area contributed by atoms with Crippen LogP contribution >= 0.6 is 15.9 Å². The first kappa shape index (κ1) is 11.0. The molecule has 0 saturated heterocycles. The minimum Gasteiger partial charge on any atom is -0.253 e. The zero-order valence-corrected chi connectivity index (χ0v) is 10.8. The molecule has 0 amide bonds. The van der Waals surface area contributed by atoms with Crippen LogP contribution in [0.5, 0.6) is 0 Å². The molecule has 88 valence electrons.